The second-order valence-electron chi connectivity index (χ2n) is 4.87. The average molecular weight is 253 g/mol. The zero-order chi connectivity index (χ0) is 13.7. The number of benzene rings is 2. The van der Waals surface area contributed by atoms with E-state index >= 15 is 0 Å². The van der Waals surface area contributed by atoms with Crippen LogP contribution in [0.2, 0.25) is 0 Å². The summed E-state index contributed by atoms with van der Waals surface area (Å²) in [5.41, 5.74) is 6.41. The van der Waals surface area contributed by atoms with Crippen LogP contribution in [0.1, 0.15) is 19.4 Å². The molecule has 2 aromatic rings. The highest BCUT2D eigenvalue weighted by Crippen LogP contribution is 2.27. The van der Waals surface area contributed by atoms with Gasteiger partial charge in [-0.3, -0.25) is 0 Å². The number of hydrogen-bond acceptors (Lipinski definition) is 2. The average Bonchev–Trinajstić information content (AvgIpc) is 2.43. The first-order valence-corrected chi connectivity index (χ1v) is 6.56. The molecule has 0 aliphatic carbocycles. The van der Waals surface area contributed by atoms with Crippen LogP contribution < -0.4 is 10.5 Å². The fraction of sp³-hybridized carbons (Fsp3) is 0.294. The quantitative estimate of drug-likeness (QED) is 0.853. The molecule has 0 unspecified atom stereocenters. The Labute approximate surface area is 114 Å². The first-order valence-electron chi connectivity index (χ1n) is 6.56. The van der Waals surface area contributed by atoms with Gasteiger partial charge in [-0.25, -0.2) is 0 Å². The lowest BCUT2D eigenvalue weighted by molar-refractivity contribution is 0.271. The molecule has 0 atom stereocenters. The molecule has 2 heteroatoms. The van der Waals surface area contributed by atoms with Crippen molar-refractivity contribution in [3.05, 3.63) is 42.0 Å². The maximum Gasteiger partial charge on any atom is 0.135 e. The number of hydrogen-bond donors (Lipinski definition) is 1. The third-order valence-electron chi connectivity index (χ3n) is 2.78. The Balaban J connectivity index is 2.50. The van der Waals surface area contributed by atoms with Crippen LogP contribution in [0.4, 0.5) is 0 Å². The molecular weight excluding hydrogens is 234 g/mol. The number of fused-ring (bicyclic) bond motifs is 1. The van der Waals surface area contributed by atoms with E-state index in [9.17, 15) is 0 Å². The Kier molecular flexibility index (Phi) is 4.43. The van der Waals surface area contributed by atoms with Gasteiger partial charge in [0.15, 0.2) is 0 Å². The van der Waals surface area contributed by atoms with E-state index in [2.05, 4.69) is 43.9 Å². The van der Waals surface area contributed by atoms with Crippen molar-refractivity contribution in [1.82, 2.24) is 0 Å². The topological polar surface area (TPSA) is 35.2 Å². The first-order chi connectivity index (χ1) is 9.22. The van der Waals surface area contributed by atoms with Gasteiger partial charge in [0.1, 0.15) is 5.75 Å². The van der Waals surface area contributed by atoms with Crippen molar-refractivity contribution in [1.29, 1.82) is 0 Å². The molecule has 19 heavy (non-hydrogen) atoms. The SMILES string of the molecule is CC(C)COc1ccc2ccccc2c1C#CCN. The third-order valence-corrected chi connectivity index (χ3v) is 2.78. The van der Waals surface area contributed by atoms with E-state index < -0.39 is 0 Å². The van der Waals surface area contributed by atoms with E-state index in [4.69, 9.17) is 10.5 Å². The lowest BCUT2D eigenvalue weighted by Crippen LogP contribution is -2.05. The molecule has 0 saturated carbocycles. The molecule has 0 radical (unpaired) electrons. The summed E-state index contributed by atoms with van der Waals surface area (Å²) >= 11 is 0. The lowest BCUT2D eigenvalue weighted by Gasteiger charge is -2.12. The summed E-state index contributed by atoms with van der Waals surface area (Å²) in [5, 5.41) is 2.28. The number of nitrogens with two attached hydrogens (primary N) is 1. The van der Waals surface area contributed by atoms with E-state index in [1.165, 1.54) is 5.39 Å². The molecular formula is C17H19NO. The van der Waals surface area contributed by atoms with Gasteiger partial charge in [0, 0.05) is 5.39 Å². The maximum absolute atomic E-state index is 5.86. The normalized spacial score (nSPS) is 10.3. The summed E-state index contributed by atoms with van der Waals surface area (Å²) in [5.74, 6) is 7.39. The standard InChI is InChI=1S/C17H19NO/c1-13(2)12-19-17-10-9-14-6-3-4-7-15(14)16(17)8-5-11-18/h3-4,6-7,9-10,13H,11-12,18H2,1-2H3. The van der Waals surface area contributed by atoms with E-state index in [0.29, 0.717) is 19.1 Å². The first kappa shape index (κ1) is 13.5. The molecule has 0 aliphatic rings. The van der Waals surface area contributed by atoms with E-state index in [0.717, 1.165) is 16.7 Å². The van der Waals surface area contributed by atoms with Crippen LogP contribution in [-0.2, 0) is 0 Å². The fourth-order valence-corrected chi connectivity index (χ4v) is 1.90. The molecule has 2 N–H and O–H groups in total. The number of rotatable bonds is 3. The highest BCUT2D eigenvalue weighted by Gasteiger charge is 2.07. The minimum Gasteiger partial charge on any atom is -0.492 e. The van der Waals surface area contributed by atoms with Crippen molar-refractivity contribution < 1.29 is 4.74 Å². The summed E-state index contributed by atoms with van der Waals surface area (Å²) in [6, 6.07) is 12.2. The summed E-state index contributed by atoms with van der Waals surface area (Å²) < 4.78 is 5.86. The van der Waals surface area contributed by atoms with Crippen molar-refractivity contribution in [2.24, 2.45) is 11.7 Å². The van der Waals surface area contributed by atoms with Gasteiger partial charge in [-0.2, -0.15) is 0 Å². The van der Waals surface area contributed by atoms with Crippen molar-refractivity contribution in [2.75, 3.05) is 13.2 Å². The third kappa shape index (κ3) is 3.27. The maximum atomic E-state index is 5.86. The predicted octanol–water partition coefficient (Wildman–Crippen LogP) is 3.18. The molecule has 2 rings (SSSR count). The van der Waals surface area contributed by atoms with Gasteiger partial charge in [-0.1, -0.05) is 56.0 Å². The minimum absolute atomic E-state index is 0.354. The largest absolute Gasteiger partial charge is 0.492 e. The Bertz CT molecular complexity index is 620. The van der Waals surface area contributed by atoms with Gasteiger partial charge in [0.2, 0.25) is 0 Å². The Morgan fingerprint density at radius 2 is 1.95 bits per heavy atom. The van der Waals surface area contributed by atoms with Gasteiger partial charge in [-0.15, -0.1) is 0 Å². The van der Waals surface area contributed by atoms with Gasteiger partial charge in [0.05, 0.1) is 18.7 Å². The van der Waals surface area contributed by atoms with Gasteiger partial charge in [0.25, 0.3) is 0 Å². The van der Waals surface area contributed by atoms with Gasteiger partial charge < -0.3 is 10.5 Å². The molecule has 0 bridgehead atoms. The van der Waals surface area contributed by atoms with Crippen LogP contribution in [0.5, 0.6) is 5.75 Å². The molecule has 0 spiro atoms. The molecule has 0 aromatic heterocycles. The Hall–Kier alpha value is -1.98. The van der Waals surface area contributed by atoms with Crippen LogP contribution >= 0.6 is 0 Å². The Morgan fingerprint density at radius 3 is 2.68 bits per heavy atom. The monoisotopic (exact) mass is 253 g/mol. The molecule has 98 valence electrons. The van der Waals surface area contributed by atoms with E-state index in [-0.39, 0.29) is 0 Å². The summed E-state index contributed by atoms with van der Waals surface area (Å²) in [7, 11) is 0. The second-order valence-corrected chi connectivity index (χ2v) is 4.87. The molecule has 2 nitrogen and oxygen atoms in total. The van der Waals surface area contributed by atoms with Gasteiger partial charge in [-0.05, 0) is 17.4 Å². The highest BCUT2D eigenvalue weighted by atomic mass is 16.5. The van der Waals surface area contributed by atoms with Crippen molar-refractivity contribution in [3.8, 4) is 17.6 Å². The summed E-state index contributed by atoms with van der Waals surface area (Å²) in [6.45, 7) is 5.31. The van der Waals surface area contributed by atoms with Crippen LogP contribution in [0.3, 0.4) is 0 Å². The summed E-state index contributed by atoms with van der Waals surface area (Å²) in [4.78, 5) is 0. The molecule has 0 heterocycles. The van der Waals surface area contributed by atoms with Crippen LogP contribution in [-0.4, -0.2) is 13.2 Å². The smallest absolute Gasteiger partial charge is 0.135 e. The Morgan fingerprint density at radius 1 is 1.16 bits per heavy atom. The van der Waals surface area contributed by atoms with E-state index in [1.807, 2.05) is 18.2 Å². The molecule has 0 saturated heterocycles. The van der Waals surface area contributed by atoms with Crippen molar-refractivity contribution in [3.63, 3.8) is 0 Å². The van der Waals surface area contributed by atoms with Crippen LogP contribution in [0.15, 0.2) is 36.4 Å². The molecule has 2 aromatic carbocycles. The molecule has 0 amide bonds. The van der Waals surface area contributed by atoms with Crippen molar-refractivity contribution >= 4 is 10.8 Å². The number of ether oxygens (including phenoxy) is 1. The van der Waals surface area contributed by atoms with Gasteiger partial charge >= 0.3 is 0 Å². The predicted molar refractivity (Wildman–Crippen MR) is 80.2 cm³/mol. The fourth-order valence-electron chi connectivity index (χ4n) is 1.90. The molecule has 0 aliphatic heterocycles. The highest BCUT2D eigenvalue weighted by molar-refractivity contribution is 5.90. The zero-order valence-electron chi connectivity index (χ0n) is 11.4. The summed E-state index contributed by atoms with van der Waals surface area (Å²) in [6.07, 6.45) is 0. The second kappa shape index (κ2) is 6.26. The van der Waals surface area contributed by atoms with Crippen molar-refractivity contribution in [2.45, 2.75) is 13.8 Å². The lowest BCUT2D eigenvalue weighted by atomic mass is 10.0. The zero-order valence-corrected chi connectivity index (χ0v) is 11.4. The van der Waals surface area contributed by atoms with E-state index in [1.54, 1.807) is 0 Å². The van der Waals surface area contributed by atoms with Crippen LogP contribution in [0.25, 0.3) is 10.8 Å². The molecule has 0 fully saturated rings. The van der Waals surface area contributed by atoms with Crippen LogP contribution in [0, 0.1) is 17.8 Å². The minimum atomic E-state index is 0.354.